The van der Waals surface area contributed by atoms with E-state index in [1.165, 1.54) is 17.7 Å². The Hall–Kier alpha value is -1.64. The highest BCUT2D eigenvalue weighted by Crippen LogP contribution is 2.34. The van der Waals surface area contributed by atoms with Crippen LogP contribution in [0.25, 0.3) is 5.57 Å². The third kappa shape index (κ3) is 2.61. The Kier molecular flexibility index (Phi) is 4.13. The Morgan fingerprint density at radius 2 is 1.94 bits per heavy atom. The molecule has 0 saturated carbocycles. The second-order valence-corrected chi connectivity index (χ2v) is 4.64. The van der Waals surface area contributed by atoms with Crippen molar-refractivity contribution in [2.75, 3.05) is 0 Å². The minimum Gasteiger partial charge on any atom is -0.411 e. The van der Waals surface area contributed by atoms with Crippen molar-refractivity contribution in [1.29, 1.82) is 0 Å². The van der Waals surface area contributed by atoms with Crippen molar-refractivity contribution in [2.45, 2.75) is 39.0 Å². The molecule has 1 aliphatic rings. The van der Waals surface area contributed by atoms with Crippen LogP contribution in [0, 0.1) is 5.82 Å². The van der Waals surface area contributed by atoms with Gasteiger partial charge in [-0.1, -0.05) is 36.2 Å². The van der Waals surface area contributed by atoms with Gasteiger partial charge in [-0.15, -0.1) is 0 Å². The first-order valence-corrected chi connectivity index (χ1v) is 6.45. The lowest BCUT2D eigenvalue weighted by Crippen LogP contribution is -1.97. The Morgan fingerprint density at radius 3 is 2.56 bits per heavy atom. The summed E-state index contributed by atoms with van der Waals surface area (Å²) in [6, 6.07) is 6.42. The second kappa shape index (κ2) is 5.80. The number of nitrogens with zero attached hydrogens (tertiary/aromatic N) is 1. The van der Waals surface area contributed by atoms with E-state index in [1.54, 1.807) is 12.1 Å². The van der Waals surface area contributed by atoms with Crippen LogP contribution in [0.4, 0.5) is 4.39 Å². The van der Waals surface area contributed by atoms with Crippen LogP contribution in [0.15, 0.2) is 35.0 Å². The predicted molar refractivity (Wildman–Crippen MR) is 71.3 cm³/mol. The number of allylic oxidation sites excluding steroid dienone is 2. The van der Waals surface area contributed by atoms with E-state index in [1.807, 2.05) is 0 Å². The highest BCUT2D eigenvalue weighted by Gasteiger charge is 2.22. The van der Waals surface area contributed by atoms with Gasteiger partial charge in [0.15, 0.2) is 0 Å². The van der Waals surface area contributed by atoms with Crippen molar-refractivity contribution < 1.29 is 9.60 Å². The molecule has 0 amide bonds. The summed E-state index contributed by atoms with van der Waals surface area (Å²) in [6.07, 6.45) is 5.04. The number of unbranched alkanes of at least 4 members (excludes halogenated alkanes) is 1. The molecule has 0 unspecified atom stereocenters. The molecule has 3 heteroatoms. The number of oxime groups is 1. The first kappa shape index (κ1) is 12.8. The summed E-state index contributed by atoms with van der Waals surface area (Å²) in [5, 5.41) is 12.5. The SMILES string of the molecule is CCCCC1=C(c2ccc(F)cc2)/C(=N\O)CC1. The van der Waals surface area contributed by atoms with E-state index < -0.39 is 0 Å². The summed E-state index contributed by atoms with van der Waals surface area (Å²) in [5.74, 6) is -0.241. The molecule has 0 aromatic heterocycles. The summed E-state index contributed by atoms with van der Waals surface area (Å²) in [6.45, 7) is 2.16. The van der Waals surface area contributed by atoms with Crippen LogP contribution in [-0.2, 0) is 0 Å². The normalized spacial score (nSPS) is 17.8. The fraction of sp³-hybridized carbons (Fsp3) is 0.400. The average molecular weight is 247 g/mol. The summed E-state index contributed by atoms with van der Waals surface area (Å²) >= 11 is 0. The van der Waals surface area contributed by atoms with Crippen LogP contribution in [0.2, 0.25) is 0 Å². The van der Waals surface area contributed by atoms with Crippen molar-refractivity contribution >= 4 is 11.3 Å². The van der Waals surface area contributed by atoms with Crippen molar-refractivity contribution in [3.8, 4) is 0 Å². The van der Waals surface area contributed by atoms with Gasteiger partial charge in [0.05, 0.1) is 5.71 Å². The fourth-order valence-electron chi connectivity index (χ4n) is 2.45. The predicted octanol–water partition coefficient (Wildman–Crippen LogP) is 4.39. The second-order valence-electron chi connectivity index (χ2n) is 4.64. The number of rotatable bonds is 4. The van der Waals surface area contributed by atoms with Gasteiger partial charge in [0.1, 0.15) is 5.82 Å². The molecule has 1 aromatic rings. The lowest BCUT2D eigenvalue weighted by Gasteiger charge is -2.07. The van der Waals surface area contributed by atoms with E-state index in [2.05, 4.69) is 12.1 Å². The lowest BCUT2D eigenvalue weighted by atomic mass is 9.98. The first-order chi connectivity index (χ1) is 8.76. The van der Waals surface area contributed by atoms with Gasteiger partial charge in [0.25, 0.3) is 0 Å². The molecule has 1 aliphatic carbocycles. The van der Waals surface area contributed by atoms with E-state index in [-0.39, 0.29) is 5.82 Å². The van der Waals surface area contributed by atoms with Gasteiger partial charge in [0, 0.05) is 5.57 Å². The zero-order valence-corrected chi connectivity index (χ0v) is 10.6. The van der Waals surface area contributed by atoms with Crippen molar-refractivity contribution in [1.82, 2.24) is 0 Å². The molecule has 0 radical (unpaired) electrons. The molecule has 2 nitrogen and oxygen atoms in total. The molecule has 1 aromatic carbocycles. The highest BCUT2D eigenvalue weighted by atomic mass is 19.1. The van der Waals surface area contributed by atoms with Crippen molar-refractivity contribution in [2.24, 2.45) is 5.16 Å². The van der Waals surface area contributed by atoms with Crippen molar-refractivity contribution in [3.63, 3.8) is 0 Å². The standard InChI is InChI=1S/C15H18FNO/c1-2-3-4-11-7-10-14(17-18)15(11)12-5-8-13(16)9-6-12/h5-6,8-9,18H,2-4,7,10H2,1H3/b17-14-. The van der Waals surface area contributed by atoms with Gasteiger partial charge in [-0.05, 0) is 43.4 Å². The molecule has 2 rings (SSSR count). The summed E-state index contributed by atoms with van der Waals surface area (Å²) in [4.78, 5) is 0. The smallest absolute Gasteiger partial charge is 0.123 e. The molecular formula is C15H18FNO. The molecule has 96 valence electrons. The lowest BCUT2D eigenvalue weighted by molar-refractivity contribution is 0.319. The molecule has 0 atom stereocenters. The van der Waals surface area contributed by atoms with Crippen LogP contribution in [0.1, 0.15) is 44.6 Å². The van der Waals surface area contributed by atoms with Crippen LogP contribution >= 0.6 is 0 Å². The molecular weight excluding hydrogens is 229 g/mol. The maximum atomic E-state index is 13.0. The zero-order chi connectivity index (χ0) is 13.0. The largest absolute Gasteiger partial charge is 0.411 e. The zero-order valence-electron chi connectivity index (χ0n) is 10.6. The Balaban J connectivity index is 2.36. The van der Waals surface area contributed by atoms with E-state index in [0.29, 0.717) is 0 Å². The maximum absolute atomic E-state index is 13.0. The summed E-state index contributed by atoms with van der Waals surface area (Å²) < 4.78 is 13.0. The maximum Gasteiger partial charge on any atom is 0.123 e. The minimum absolute atomic E-state index is 0.241. The number of hydrogen-bond acceptors (Lipinski definition) is 2. The molecule has 1 N–H and O–H groups in total. The van der Waals surface area contributed by atoms with Gasteiger partial charge in [-0.2, -0.15) is 0 Å². The quantitative estimate of drug-likeness (QED) is 0.621. The topological polar surface area (TPSA) is 32.6 Å². The monoisotopic (exact) mass is 247 g/mol. The first-order valence-electron chi connectivity index (χ1n) is 6.45. The minimum atomic E-state index is -0.241. The van der Waals surface area contributed by atoms with E-state index >= 15 is 0 Å². The number of hydrogen-bond donors (Lipinski definition) is 1. The van der Waals surface area contributed by atoms with Crippen LogP contribution in [0.3, 0.4) is 0 Å². The van der Waals surface area contributed by atoms with E-state index in [0.717, 1.165) is 49.0 Å². The van der Waals surface area contributed by atoms with Crippen LogP contribution in [-0.4, -0.2) is 10.9 Å². The number of halogens is 1. The molecule has 0 heterocycles. The van der Waals surface area contributed by atoms with Crippen LogP contribution < -0.4 is 0 Å². The molecule has 18 heavy (non-hydrogen) atoms. The van der Waals surface area contributed by atoms with E-state index in [9.17, 15) is 4.39 Å². The van der Waals surface area contributed by atoms with Gasteiger partial charge < -0.3 is 5.21 Å². The Bertz CT molecular complexity index is 474. The van der Waals surface area contributed by atoms with Gasteiger partial charge in [0.2, 0.25) is 0 Å². The molecule has 0 fully saturated rings. The third-order valence-corrected chi connectivity index (χ3v) is 3.39. The van der Waals surface area contributed by atoms with Gasteiger partial charge >= 0.3 is 0 Å². The Morgan fingerprint density at radius 1 is 1.22 bits per heavy atom. The Labute approximate surface area is 107 Å². The van der Waals surface area contributed by atoms with Gasteiger partial charge in [-0.3, -0.25) is 0 Å². The summed E-state index contributed by atoms with van der Waals surface area (Å²) in [7, 11) is 0. The summed E-state index contributed by atoms with van der Waals surface area (Å²) in [5.41, 5.74) is 4.03. The van der Waals surface area contributed by atoms with Crippen molar-refractivity contribution in [3.05, 3.63) is 41.2 Å². The molecule has 0 bridgehead atoms. The molecule has 0 spiro atoms. The van der Waals surface area contributed by atoms with Gasteiger partial charge in [-0.25, -0.2) is 4.39 Å². The highest BCUT2D eigenvalue weighted by molar-refractivity contribution is 6.26. The van der Waals surface area contributed by atoms with Crippen LogP contribution in [0.5, 0.6) is 0 Å². The third-order valence-electron chi connectivity index (χ3n) is 3.39. The number of benzene rings is 1. The van der Waals surface area contributed by atoms with E-state index in [4.69, 9.17) is 5.21 Å². The average Bonchev–Trinajstić information content (AvgIpc) is 2.80. The fourth-order valence-corrected chi connectivity index (χ4v) is 2.45. The molecule has 0 saturated heterocycles. The molecule has 0 aliphatic heterocycles.